The van der Waals surface area contributed by atoms with Gasteiger partial charge in [-0.2, -0.15) is 0 Å². The van der Waals surface area contributed by atoms with Crippen molar-refractivity contribution in [3.63, 3.8) is 0 Å². The fourth-order valence-corrected chi connectivity index (χ4v) is 5.44. The molecule has 2 aliphatic rings. The Morgan fingerprint density at radius 2 is 1.29 bits per heavy atom. The normalized spacial score (nSPS) is 27.4. The highest BCUT2D eigenvalue weighted by atomic mass is 16.8. The van der Waals surface area contributed by atoms with Crippen molar-refractivity contribution in [2.45, 2.75) is 55.1 Å². The van der Waals surface area contributed by atoms with Crippen LogP contribution in [0.3, 0.4) is 0 Å². The summed E-state index contributed by atoms with van der Waals surface area (Å²) in [5.41, 5.74) is 0.793. The van der Waals surface area contributed by atoms with Crippen molar-refractivity contribution in [3.05, 3.63) is 47.5 Å². The molecule has 2 aromatic carbocycles. The number of ether oxygens (including phenoxy) is 9. The van der Waals surface area contributed by atoms with Crippen LogP contribution in [0.1, 0.15) is 17.5 Å². The van der Waals surface area contributed by atoms with E-state index >= 15 is 0 Å². The van der Waals surface area contributed by atoms with Gasteiger partial charge in [0, 0.05) is 18.6 Å². The summed E-state index contributed by atoms with van der Waals surface area (Å²) in [5, 5.41) is 72.4. The quantitative estimate of drug-likeness (QED) is 0.0906. The number of phenols is 2. The highest BCUT2D eigenvalue weighted by Gasteiger charge is 2.56. The van der Waals surface area contributed by atoms with Gasteiger partial charge in [0.2, 0.25) is 17.3 Å². The Balaban J connectivity index is 1.45. The number of aliphatic hydroxyl groups is 5. The fraction of sp³-hybridized carbons (Fsp3) is 0.471. The molecule has 2 aromatic rings. The van der Waals surface area contributed by atoms with Crippen LogP contribution in [0.5, 0.6) is 34.5 Å². The highest BCUT2D eigenvalue weighted by Crippen LogP contribution is 2.40. The molecule has 8 atom stereocenters. The molecule has 2 fully saturated rings. The lowest BCUT2D eigenvalue weighted by atomic mass is 9.99. The van der Waals surface area contributed by atoms with Crippen molar-refractivity contribution in [1.82, 2.24) is 0 Å². The molecule has 18 heteroatoms. The molecular weight excluding hydrogens is 696 g/mol. The maximum absolute atomic E-state index is 12.9. The molecule has 7 N–H and O–H groups in total. The van der Waals surface area contributed by atoms with Crippen LogP contribution in [0.15, 0.2) is 36.4 Å². The Hall–Kier alpha value is -4.66. The van der Waals surface area contributed by atoms with Crippen molar-refractivity contribution in [2.24, 2.45) is 0 Å². The minimum absolute atomic E-state index is 0.0779. The Morgan fingerprint density at radius 3 is 1.75 bits per heavy atom. The van der Waals surface area contributed by atoms with Gasteiger partial charge >= 0.3 is 11.9 Å². The van der Waals surface area contributed by atoms with Gasteiger partial charge in [0.25, 0.3) is 0 Å². The molecule has 18 nitrogen and oxygen atoms in total. The highest BCUT2D eigenvalue weighted by molar-refractivity contribution is 5.88. The van der Waals surface area contributed by atoms with E-state index in [0.717, 1.165) is 12.2 Å². The number of aromatic hydroxyl groups is 2. The van der Waals surface area contributed by atoms with Crippen LogP contribution >= 0.6 is 0 Å². The van der Waals surface area contributed by atoms with E-state index in [1.54, 1.807) is 0 Å². The first-order chi connectivity index (χ1) is 24.8. The number of esters is 2. The van der Waals surface area contributed by atoms with Gasteiger partial charge < -0.3 is 78.4 Å². The SMILES string of the molecule is COc1cc(/C=C\C(=O)OC[C@H]2O[C@@H](O[C@]3(CO)O[C@@H](CO)C[C@H]3OC(=O)/C=C/c3cc(OC)c(O)c(OC)c3)[C@H](O)[C@@H](O)[C@@H]2O)cc(OC)c1O. The third-order valence-electron chi connectivity index (χ3n) is 8.22. The standard InChI is InChI=1S/C34H42O18/c1-44-20-9-17(10-21(45-2)28(20)39)5-7-26(37)48-15-24-30(41)31(42)32(43)33(49-24)52-34(16-36)25(13-19(14-35)51-34)50-27(38)8-6-18-11-22(46-3)29(40)23(12-18)47-4/h5-12,19,24-25,30-33,35-36,39-43H,13-16H2,1-4H3/b7-5-,8-6+/t19-,24-,25-,30-,31+,32-,33+,34+/m1/s1. The van der Waals surface area contributed by atoms with Gasteiger partial charge in [-0.05, 0) is 47.5 Å². The molecule has 4 rings (SSSR count). The number of hydrogen-bond donors (Lipinski definition) is 7. The summed E-state index contributed by atoms with van der Waals surface area (Å²) in [5.74, 6) is -4.23. The summed E-state index contributed by atoms with van der Waals surface area (Å²) in [7, 11) is 5.33. The number of phenolic OH excluding ortho intramolecular Hbond substituents is 2. The molecule has 0 aliphatic carbocycles. The Kier molecular flexibility index (Phi) is 13.7. The first-order valence-electron chi connectivity index (χ1n) is 15.7. The summed E-state index contributed by atoms with van der Waals surface area (Å²) in [4.78, 5) is 25.4. The summed E-state index contributed by atoms with van der Waals surface area (Å²) < 4.78 is 48.3. The number of hydrogen-bond acceptors (Lipinski definition) is 18. The van der Waals surface area contributed by atoms with Crippen LogP contribution in [0.25, 0.3) is 12.2 Å². The Labute approximate surface area is 297 Å². The minimum Gasteiger partial charge on any atom is -0.502 e. The van der Waals surface area contributed by atoms with E-state index in [-0.39, 0.29) is 40.9 Å². The lowest BCUT2D eigenvalue weighted by Gasteiger charge is -2.43. The van der Waals surface area contributed by atoms with Crippen molar-refractivity contribution < 1.29 is 88.0 Å². The van der Waals surface area contributed by atoms with Crippen molar-refractivity contribution in [1.29, 1.82) is 0 Å². The van der Waals surface area contributed by atoms with E-state index < -0.39 is 80.5 Å². The third-order valence-corrected chi connectivity index (χ3v) is 8.22. The average molecular weight is 739 g/mol. The Morgan fingerprint density at radius 1 is 0.788 bits per heavy atom. The van der Waals surface area contributed by atoms with E-state index in [0.29, 0.717) is 11.1 Å². The summed E-state index contributed by atoms with van der Waals surface area (Å²) in [6, 6.07) is 5.73. The number of aliphatic hydroxyl groups excluding tert-OH is 5. The second-order valence-corrected chi connectivity index (χ2v) is 11.5. The average Bonchev–Trinajstić information content (AvgIpc) is 3.50. The van der Waals surface area contributed by atoms with Crippen LogP contribution in [0.2, 0.25) is 0 Å². The fourth-order valence-electron chi connectivity index (χ4n) is 5.44. The molecule has 2 saturated heterocycles. The molecule has 0 saturated carbocycles. The minimum atomic E-state index is -2.23. The zero-order valence-corrected chi connectivity index (χ0v) is 28.6. The molecule has 52 heavy (non-hydrogen) atoms. The first-order valence-corrected chi connectivity index (χ1v) is 15.7. The maximum Gasteiger partial charge on any atom is 0.331 e. The number of methoxy groups -OCH3 is 4. The molecule has 0 radical (unpaired) electrons. The van der Waals surface area contributed by atoms with Gasteiger partial charge in [-0.1, -0.05) is 0 Å². The molecule has 0 amide bonds. The van der Waals surface area contributed by atoms with Gasteiger partial charge in [0.05, 0.1) is 41.2 Å². The molecule has 0 aromatic heterocycles. The van der Waals surface area contributed by atoms with E-state index in [1.165, 1.54) is 64.9 Å². The largest absolute Gasteiger partial charge is 0.502 e. The van der Waals surface area contributed by atoms with Crippen LogP contribution in [-0.4, -0.2) is 145 Å². The maximum atomic E-state index is 12.9. The van der Waals surface area contributed by atoms with Crippen LogP contribution in [0.4, 0.5) is 0 Å². The topological polar surface area (TPSA) is 259 Å². The number of benzene rings is 2. The van der Waals surface area contributed by atoms with E-state index in [2.05, 4.69) is 0 Å². The van der Waals surface area contributed by atoms with Crippen LogP contribution in [-0.2, 0) is 33.3 Å². The molecule has 2 aliphatic heterocycles. The molecule has 0 bridgehead atoms. The predicted octanol–water partition coefficient (Wildman–Crippen LogP) is -0.392. The van der Waals surface area contributed by atoms with Crippen molar-refractivity contribution in [3.8, 4) is 34.5 Å². The predicted molar refractivity (Wildman–Crippen MR) is 175 cm³/mol. The van der Waals surface area contributed by atoms with E-state index in [9.17, 15) is 45.3 Å². The number of carbonyl (C=O) groups excluding carboxylic acids is 2. The molecule has 0 unspecified atom stereocenters. The van der Waals surface area contributed by atoms with Gasteiger partial charge in [-0.25, -0.2) is 9.59 Å². The first kappa shape index (κ1) is 40.1. The van der Waals surface area contributed by atoms with E-state index in [4.69, 9.17) is 42.6 Å². The second-order valence-electron chi connectivity index (χ2n) is 11.5. The van der Waals surface area contributed by atoms with Gasteiger partial charge in [-0.15, -0.1) is 0 Å². The monoisotopic (exact) mass is 738 g/mol. The number of rotatable bonds is 15. The van der Waals surface area contributed by atoms with E-state index in [1.807, 2.05) is 0 Å². The lowest BCUT2D eigenvalue weighted by Crippen LogP contribution is -2.62. The zero-order chi connectivity index (χ0) is 38.2. The second kappa shape index (κ2) is 17.7. The molecule has 286 valence electrons. The summed E-state index contributed by atoms with van der Waals surface area (Å²) >= 11 is 0. The third kappa shape index (κ3) is 9.03. The van der Waals surface area contributed by atoms with Crippen molar-refractivity contribution >= 4 is 24.1 Å². The molecule has 2 heterocycles. The summed E-state index contributed by atoms with van der Waals surface area (Å²) in [6.07, 6.45) is -6.75. The zero-order valence-electron chi connectivity index (χ0n) is 28.6. The number of carbonyl (C=O) groups is 2. The summed E-state index contributed by atoms with van der Waals surface area (Å²) in [6.45, 7) is -2.20. The smallest absolute Gasteiger partial charge is 0.331 e. The Bertz CT molecular complexity index is 1560. The van der Waals surface area contributed by atoms with Crippen LogP contribution < -0.4 is 18.9 Å². The van der Waals surface area contributed by atoms with Gasteiger partial charge in [0.15, 0.2) is 35.4 Å². The molecule has 0 spiro atoms. The molecular formula is C34H42O18. The van der Waals surface area contributed by atoms with Gasteiger partial charge in [-0.3, -0.25) is 0 Å². The van der Waals surface area contributed by atoms with Crippen molar-refractivity contribution in [2.75, 3.05) is 48.3 Å². The lowest BCUT2D eigenvalue weighted by molar-refractivity contribution is -0.383. The van der Waals surface area contributed by atoms with Gasteiger partial charge in [0.1, 0.15) is 37.6 Å². The van der Waals surface area contributed by atoms with Crippen LogP contribution in [0, 0.1) is 0 Å².